The number of hydrogen-bond acceptors (Lipinski definition) is 5. The first kappa shape index (κ1) is 20.8. The average Bonchev–Trinajstić information content (AvgIpc) is 3.03. The molecule has 0 aliphatic heterocycles. The second kappa shape index (κ2) is 8.49. The highest BCUT2D eigenvalue weighted by molar-refractivity contribution is 7.89. The van der Waals surface area contributed by atoms with Crippen LogP contribution in [0.15, 0.2) is 29.2 Å². The summed E-state index contributed by atoms with van der Waals surface area (Å²) >= 11 is 0. The van der Waals surface area contributed by atoms with Crippen LogP contribution in [0, 0.1) is 5.92 Å². The molecule has 0 bridgehead atoms. The molecule has 1 aromatic carbocycles. The van der Waals surface area contributed by atoms with E-state index in [0.29, 0.717) is 24.9 Å². The summed E-state index contributed by atoms with van der Waals surface area (Å²) in [6.45, 7) is 2.76. The van der Waals surface area contributed by atoms with Crippen molar-refractivity contribution < 1.29 is 27.9 Å². The lowest BCUT2D eigenvalue weighted by atomic mass is 10.1. The summed E-state index contributed by atoms with van der Waals surface area (Å²) in [6.07, 6.45) is 1.37. The van der Waals surface area contributed by atoms with Gasteiger partial charge in [-0.15, -0.1) is 0 Å². The molecule has 1 aliphatic carbocycles. The fraction of sp³-hybridized carbons (Fsp3) is 0.471. The van der Waals surface area contributed by atoms with Crippen molar-refractivity contribution in [2.24, 2.45) is 5.92 Å². The molecule has 2 rings (SSSR count). The Morgan fingerprint density at radius 1 is 1.15 bits per heavy atom. The predicted molar refractivity (Wildman–Crippen MR) is 97.4 cm³/mol. The number of rotatable bonds is 7. The van der Waals surface area contributed by atoms with Gasteiger partial charge in [0.1, 0.15) is 0 Å². The van der Waals surface area contributed by atoms with E-state index in [1.807, 2.05) is 0 Å². The van der Waals surface area contributed by atoms with Crippen molar-refractivity contribution in [1.82, 2.24) is 10.0 Å². The Morgan fingerprint density at radius 2 is 1.78 bits per heavy atom. The molecule has 0 aromatic heterocycles. The Hall–Kier alpha value is -2.46. The number of amides is 2. The van der Waals surface area contributed by atoms with Crippen molar-refractivity contribution in [3.63, 3.8) is 0 Å². The summed E-state index contributed by atoms with van der Waals surface area (Å²) < 4.78 is 27.1. The van der Waals surface area contributed by atoms with Gasteiger partial charge >= 0.3 is 5.97 Å². The Labute approximate surface area is 157 Å². The third-order valence-electron chi connectivity index (χ3n) is 4.34. The first-order chi connectivity index (χ1) is 12.6. The van der Waals surface area contributed by atoms with Gasteiger partial charge in [-0.2, -0.15) is 4.72 Å². The standard InChI is InChI=1S/C17H23N3O6S/c1-10(16(22)19-14-4-3-12(9-14)17(23)24)20-27(25,26)15-7-5-13(6-8-15)18-11(2)21/h5-8,10,12,14,20H,3-4,9H2,1-2H3,(H,18,21)(H,19,22)(H,23,24)/t10?,12-,14+/m0/s1. The van der Waals surface area contributed by atoms with E-state index >= 15 is 0 Å². The Kier molecular flexibility index (Phi) is 6.55. The Bertz CT molecular complexity index is 822. The van der Waals surface area contributed by atoms with Crippen LogP contribution >= 0.6 is 0 Å². The van der Waals surface area contributed by atoms with Gasteiger partial charge in [-0.25, -0.2) is 8.42 Å². The van der Waals surface area contributed by atoms with Crippen molar-refractivity contribution in [1.29, 1.82) is 0 Å². The molecular formula is C17H23N3O6S. The van der Waals surface area contributed by atoms with E-state index in [-0.39, 0.29) is 16.8 Å². The van der Waals surface area contributed by atoms with Gasteiger partial charge in [-0.05, 0) is 50.5 Å². The summed E-state index contributed by atoms with van der Waals surface area (Å²) in [5.41, 5.74) is 0.460. The topological polar surface area (TPSA) is 142 Å². The Balaban J connectivity index is 1.95. The number of benzene rings is 1. The van der Waals surface area contributed by atoms with Crippen molar-refractivity contribution in [3.8, 4) is 0 Å². The number of carbonyl (C=O) groups is 3. The van der Waals surface area contributed by atoms with Gasteiger partial charge in [0.15, 0.2) is 0 Å². The molecule has 9 nitrogen and oxygen atoms in total. The molecule has 27 heavy (non-hydrogen) atoms. The molecule has 3 atom stereocenters. The lowest BCUT2D eigenvalue weighted by Crippen LogP contribution is -2.47. The summed E-state index contributed by atoms with van der Waals surface area (Å²) in [7, 11) is -3.93. The van der Waals surface area contributed by atoms with Gasteiger partial charge in [0.2, 0.25) is 21.8 Å². The second-order valence-corrected chi connectivity index (χ2v) is 8.32. The van der Waals surface area contributed by atoms with Gasteiger partial charge in [0.05, 0.1) is 16.9 Å². The van der Waals surface area contributed by atoms with Crippen LogP contribution in [0.5, 0.6) is 0 Å². The van der Waals surface area contributed by atoms with Crippen molar-refractivity contribution in [2.45, 2.75) is 50.1 Å². The minimum atomic E-state index is -3.93. The maximum atomic E-state index is 12.4. The average molecular weight is 397 g/mol. The van der Waals surface area contributed by atoms with E-state index in [1.54, 1.807) is 0 Å². The van der Waals surface area contributed by atoms with E-state index in [4.69, 9.17) is 5.11 Å². The molecule has 1 aromatic rings. The first-order valence-electron chi connectivity index (χ1n) is 8.51. The number of carbonyl (C=O) groups excluding carboxylic acids is 2. The molecule has 4 N–H and O–H groups in total. The molecule has 2 amide bonds. The van der Waals surface area contributed by atoms with Crippen molar-refractivity contribution in [2.75, 3.05) is 5.32 Å². The third-order valence-corrected chi connectivity index (χ3v) is 5.90. The molecule has 1 fully saturated rings. The fourth-order valence-electron chi connectivity index (χ4n) is 2.94. The quantitative estimate of drug-likeness (QED) is 0.533. The third kappa shape index (κ3) is 5.76. The number of carboxylic acid groups (broad SMARTS) is 1. The van der Waals surface area contributed by atoms with Crippen molar-refractivity contribution in [3.05, 3.63) is 24.3 Å². The van der Waals surface area contributed by atoms with Crippen LogP contribution in [0.1, 0.15) is 33.1 Å². The SMILES string of the molecule is CC(=O)Nc1ccc(S(=O)(=O)NC(C)C(=O)N[C@@H]2CC[C@H](C(=O)O)C2)cc1. The largest absolute Gasteiger partial charge is 0.481 e. The lowest BCUT2D eigenvalue weighted by molar-refractivity contribution is -0.141. The van der Waals surface area contributed by atoms with Crippen LogP contribution in [0.25, 0.3) is 0 Å². The zero-order valence-corrected chi connectivity index (χ0v) is 15.9. The number of sulfonamides is 1. The minimum absolute atomic E-state index is 0.0388. The highest BCUT2D eigenvalue weighted by Crippen LogP contribution is 2.25. The number of aliphatic carboxylic acids is 1. The predicted octanol–water partition coefficient (Wildman–Crippen LogP) is 0.681. The summed E-state index contributed by atoms with van der Waals surface area (Å²) in [5, 5.41) is 14.2. The second-order valence-electron chi connectivity index (χ2n) is 6.60. The van der Waals surface area contributed by atoms with Crippen LogP contribution < -0.4 is 15.4 Å². The van der Waals surface area contributed by atoms with Crippen LogP contribution in [-0.2, 0) is 24.4 Å². The fourth-order valence-corrected chi connectivity index (χ4v) is 4.14. The normalized spacial score (nSPS) is 20.7. The highest BCUT2D eigenvalue weighted by atomic mass is 32.2. The first-order valence-corrected chi connectivity index (χ1v) is 10.00. The lowest BCUT2D eigenvalue weighted by Gasteiger charge is -2.18. The Morgan fingerprint density at radius 3 is 2.30 bits per heavy atom. The molecule has 0 radical (unpaired) electrons. The molecule has 0 heterocycles. The van der Waals surface area contributed by atoms with Crippen LogP contribution in [0.3, 0.4) is 0 Å². The monoisotopic (exact) mass is 397 g/mol. The summed E-state index contributed by atoms with van der Waals surface area (Å²) in [5.74, 6) is -2.15. The van der Waals surface area contributed by atoms with E-state index < -0.39 is 33.9 Å². The summed E-state index contributed by atoms with van der Waals surface area (Å²) in [6, 6.07) is 4.26. The maximum absolute atomic E-state index is 12.4. The molecule has 10 heteroatoms. The van der Waals surface area contributed by atoms with Crippen LogP contribution in [0.4, 0.5) is 5.69 Å². The van der Waals surface area contributed by atoms with Crippen LogP contribution in [0.2, 0.25) is 0 Å². The minimum Gasteiger partial charge on any atom is -0.481 e. The number of carboxylic acids is 1. The van der Waals surface area contributed by atoms with Gasteiger partial charge in [-0.1, -0.05) is 0 Å². The smallest absolute Gasteiger partial charge is 0.306 e. The zero-order valence-electron chi connectivity index (χ0n) is 15.1. The van der Waals surface area contributed by atoms with E-state index in [1.165, 1.54) is 38.1 Å². The summed E-state index contributed by atoms with van der Waals surface area (Å²) in [4.78, 5) is 34.2. The van der Waals surface area contributed by atoms with E-state index in [2.05, 4.69) is 15.4 Å². The van der Waals surface area contributed by atoms with Gasteiger partial charge in [0, 0.05) is 18.7 Å². The molecule has 0 saturated heterocycles. The number of nitrogens with one attached hydrogen (secondary N) is 3. The molecule has 1 aliphatic rings. The number of hydrogen-bond donors (Lipinski definition) is 4. The van der Waals surface area contributed by atoms with Crippen molar-refractivity contribution >= 4 is 33.5 Å². The number of anilines is 1. The van der Waals surface area contributed by atoms with E-state index in [9.17, 15) is 22.8 Å². The zero-order chi connectivity index (χ0) is 20.2. The molecule has 0 spiro atoms. The van der Waals surface area contributed by atoms with Gasteiger partial charge in [-0.3, -0.25) is 14.4 Å². The molecular weight excluding hydrogens is 374 g/mol. The maximum Gasteiger partial charge on any atom is 0.306 e. The van der Waals surface area contributed by atoms with Crippen LogP contribution in [-0.4, -0.2) is 43.4 Å². The molecule has 148 valence electrons. The van der Waals surface area contributed by atoms with E-state index in [0.717, 1.165) is 0 Å². The highest BCUT2D eigenvalue weighted by Gasteiger charge is 2.32. The van der Waals surface area contributed by atoms with Gasteiger partial charge in [0.25, 0.3) is 0 Å². The molecule has 1 saturated carbocycles. The molecule has 1 unspecified atom stereocenters. The van der Waals surface area contributed by atoms with Gasteiger partial charge < -0.3 is 15.7 Å².